The Hall–Kier alpha value is -1.83. The van der Waals surface area contributed by atoms with E-state index in [1.54, 1.807) is 0 Å². The highest BCUT2D eigenvalue weighted by molar-refractivity contribution is 5.55. The van der Waals surface area contributed by atoms with Gasteiger partial charge in [0.2, 0.25) is 5.82 Å². The van der Waals surface area contributed by atoms with Gasteiger partial charge in [0.05, 0.1) is 18.0 Å². The quantitative estimate of drug-likeness (QED) is 0.583. The third-order valence-corrected chi connectivity index (χ3v) is 1.80. The van der Waals surface area contributed by atoms with Gasteiger partial charge in [-0.3, -0.25) is 10.1 Å². The Labute approximate surface area is 89.6 Å². The third-order valence-electron chi connectivity index (χ3n) is 1.80. The van der Waals surface area contributed by atoms with Crippen molar-refractivity contribution < 1.29 is 13.7 Å². The average Bonchev–Trinajstić information content (AvgIpc) is 2.27. The van der Waals surface area contributed by atoms with E-state index in [-0.39, 0.29) is 11.5 Å². The van der Waals surface area contributed by atoms with Gasteiger partial charge in [-0.1, -0.05) is 0 Å². The van der Waals surface area contributed by atoms with Crippen LogP contribution in [0, 0.1) is 10.1 Å². The molecule has 0 aliphatic carbocycles. The van der Waals surface area contributed by atoms with Crippen molar-refractivity contribution in [1.82, 2.24) is 4.98 Å². The molecule has 3 N–H and O–H groups in total. The highest BCUT2D eigenvalue weighted by Gasteiger charge is 2.27. The number of pyridine rings is 1. The summed E-state index contributed by atoms with van der Waals surface area (Å²) in [6.45, 7) is -1.62. The maximum Gasteiger partial charge on any atom is 0.311 e. The summed E-state index contributed by atoms with van der Waals surface area (Å²) in [5.41, 5.74) is 4.47. The number of nitro groups is 1. The fraction of sp³-hybridized carbons (Fsp3) is 0.375. The molecule has 0 atom stereocenters. The highest BCUT2D eigenvalue weighted by atomic mass is 19.3. The first-order valence-electron chi connectivity index (χ1n) is 4.37. The van der Waals surface area contributed by atoms with Crippen LogP contribution < -0.4 is 11.1 Å². The van der Waals surface area contributed by atoms with Crippen LogP contribution in [0.15, 0.2) is 18.3 Å². The zero-order chi connectivity index (χ0) is 12.2. The topological polar surface area (TPSA) is 94.1 Å². The molecule has 1 aromatic heterocycles. The molecule has 0 amide bonds. The number of hydrogen-bond acceptors (Lipinski definition) is 5. The van der Waals surface area contributed by atoms with Crippen molar-refractivity contribution in [2.24, 2.45) is 5.73 Å². The number of halogens is 2. The number of nitrogens with zero attached hydrogens (tertiary/aromatic N) is 2. The first-order chi connectivity index (χ1) is 7.46. The van der Waals surface area contributed by atoms with Crippen LogP contribution in [0.5, 0.6) is 0 Å². The lowest BCUT2D eigenvalue weighted by atomic mass is 10.3. The Morgan fingerprint density at radius 1 is 1.62 bits per heavy atom. The van der Waals surface area contributed by atoms with E-state index in [2.05, 4.69) is 10.3 Å². The van der Waals surface area contributed by atoms with Gasteiger partial charge in [-0.15, -0.1) is 0 Å². The molecule has 8 heteroatoms. The van der Waals surface area contributed by atoms with Crippen LogP contribution >= 0.6 is 0 Å². The zero-order valence-corrected chi connectivity index (χ0v) is 8.19. The van der Waals surface area contributed by atoms with Crippen LogP contribution in [-0.4, -0.2) is 28.9 Å². The van der Waals surface area contributed by atoms with Crippen molar-refractivity contribution in [3.63, 3.8) is 0 Å². The van der Waals surface area contributed by atoms with E-state index < -0.39 is 23.9 Å². The van der Waals surface area contributed by atoms with Crippen molar-refractivity contribution in [3.05, 3.63) is 28.4 Å². The summed E-state index contributed by atoms with van der Waals surface area (Å²) in [7, 11) is 0. The van der Waals surface area contributed by atoms with Crippen LogP contribution in [0.4, 0.5) is 20.3 Å². The van der Waals surface area contributed by atoms with E-state index in [1.165, 1.54) is 18.3 Å². The van der Waals surface area contributed by atoms with Crippen LogP contribution in [0.1, 0.15) is 0 Å². The van der Waals surface area contributed by atoms with Crippen molar-refractivity contribution in [2.75, 3.05) is 18.4 Å². The van der Waals surface area contributed by atoms with Gasteiger partial charge >= 0.3 is 5.69 Å². The lowest BCUT2D eigenvalue weighted by Gasteiger charge is -2.14. The standard InChI is InChI=1S/C8H10F2N4O2/c9-8(10,4-11)5-13-7-6(14(15)16)2-1-3-12-7/h1-3H,4-5,11H2,(H,12,13). The van der Waals surface area contributed by atoms with Gasteiger partial charge in [0.15, 0.2) is 0 Å². The van der Waals surface area contributed by atoms with Crippen molar-refractivity contribution >= 4 is 11.5 Å². The smallest absolute Gasteiger partial charge is 0.311 e. The summed E-state index contributed by atoms with van der Waals surface area (Å²) in [5.74, 6) is -3.31. The van der Waals surface area contributed by atoms with Crippen molar-refractivity contribution in [3.8, 4) is 0 Å². The van der Waals surface area contributed by atoms with Gasteiger partial charge in [-0.05, 0) is 6.07 Å². The second-order valence-electron chi connectivity index (χ2n) is 3.04. The van der Waals surface area contributed by atoms with Gasteiger partial charge in [0, 0.05) is 12.3 Å². The molecule has 0 saturated heterocycles. The molecule has 0 aliphatic rings. The van der Waals surface area contributed by atoms with E-state index in [0.29, 0.717) is 0 Å². The molecule has 0 saturated carbocycles. The second kappa shape index (κ2) is 4.79. The lowest BCUT2D eigenvalue weighted by molar-refractivity contribution is -0.384. The summed E-state index contributed by atoms with van der Waals surface area (Å²) in [6, 6.07) is 2.53. The fourth-order valence-corrected chi connectivity index (χ4v) is 0.966. The average molecular weight is 232 g/mol. The SMILES string of the molecule is NCC(F)(F)CNc1ncccc1[N+](=O)[O-]. The molecule has 0 aromatic carbocycles. The van der Waals surface area contributed by atoms with Crippen LogP contribution in [0.2, 0.25) is 0 Å². The minimum Gasteiger partial charge on any atom is -0.358 e. The molecule has 1 heterocycles. The molecule has 0 bridgehead atoms. The molecule has 0 aliphatic heterocycles. The van der Waals surface area contributed by atoms with Gasteiger partial charge in [-0.25, -0.2) is 13.8 Å². The number of nitrogens with two attached hydrogens (primary N) is 1. The van der Waals surface area contributed by atoms with Gasteiger partial charge in [-0.2, -0.15) is 0 Å². The highest BCUT2D eigenvalue weighted by Crippen LogP contribution is 2.21. The number of alkyl halides is 2. The largest absolute Gasteiger partial charge is 0.358 e. The predicted molar refractivity (Wildman–Crippen MR) is 53.4 cm³/mol. The third kappa shape index (κ3) is 3.09. The first kappa shape index (κ1) is 12.2. The van der Waals surface area contributed by atoms with E-state index in [1.807, 2.05) is 0 Å². The Kier molecular flexibility index (Phi) is 3.67. The molecule has 16 heavy (non-hydrogen) atoms. The van der Waals surface area contributed by atoms with E-state index in [0.717, 1.165) is 0 Å². The van der Waals surface area contributed by atoms with Crippen molar-refractivity contribution in [2.45, 2.75) is 5.92 Å². The Bertz CT molecular complexity index is 386. The predicted octanol–water partition coefficient (Wildman–Crippen LogP) is 0.996. The molecule has 0 spiro atoms. The van der Waals surface area contributed by atoms with E-state index >= 15 is 0 Å². The Morgan fingerprint density at radius 2 is 2.31 bits per heavy atom. The van der Waals surface area contributed by atoms with Gasteiger partial charge in [0.1, 0.15) is 0 Å². The van der Waals surface area contributed by atoms with E-state index in [9.17, 15) is 18.9 Å². The number of nitrogens with one attached hydrogen (secondary N) is 1. The molecule has 0 fully saturated rings. The number of anilines is 1. The lowest BCUT2D eigenvalue weighted by Crippen LogP contribution is -2.35. The molecule has 0 radical (unpaired) electrons. The summed E-state index contributed by atoms with van der Waals surface area (Å²) in [6.07, 6.45) is 1.27. The summed E-state index contributed by atoms with van der Waals surface area (Å²) in [4.78, 5) is 13.4. The second-order valence-corrected chi connectivity index (χ2v) is 3.04. The Morgan fingerprint density at radius 3 is 2.88 bits per heavy atom. The minimum atomic E-state index is -3.12. The number of aromatic nitrogens is 1. The maximum atomic E-state index is 12.8. The monoisotopic (exact) mass is 232 g/mol. The first-order valence-corrected chi connectivity index (χ1v) is 4.37. The summed E-state index contributed by atoms with van der Waals surface area (Å²) in [5, 5.41) is 12.7. The number of hydrogen-bond donors (Lipinski definition) is 2. The van der Waals surface area contributed by atoms with Crippen LogP contribution in [0.25, 0.3) is 0 Å². The van der Waals surface area contributed by atoms with Crippen LogP contribution in [0.3, 0.4) is 0 Å². The Balaban J connectivity index is 2.78. The molecule has 0 unspecified atom stereocenters. The molecule has 1 rings (SSSR count). The molecule has 1 aromatic rings. The number of rotatable bonds is 5. The van der Waals surface area contributed by atoms with Crippen molar-refractivity contribution in [1.29, 1.82) is 0 Å². The van der Waals surface area contributed by atoms with Crippen LogP contribution in [-0.2, 0) is 0 Å². The van der Waals surface area contributed by atoms with E-state index in [4.69, 9.17) is 5.73 Å². The zero-order valence-electron chi connectivity index (χ0n) is 8.19. The summed E-state index contributed by atoms with van der Waals surface area (Å²) >= 11 is 0. The van der Waals surface area contributed by atoms with Gasteiger partial charge < -0.3 is 11.1 Å². The molecular weight excluding hydrogens is 222 g/mol. The molecular formula is C8H10F2N4O2. The minimum absolute atomic E-state index is 0.194. The normalized spacial score (nSPS) is 11.2. The fourth-order valence-electron chi connectivity index (χ4n) is 0.966. The summed E-state index contributed by atoms with van der Waals surface area (Å²) < 4.78 is 25.6. The molecule has 6 nitrogen and oxygen atoms in total. The maximum absolute atomic E-state index is 12.8. The van der Waals surface area contributed by atoms with Gasteiger partial charge in [0.25, 0.3) is 5.92 Å². The molecule has 88 valence electrons.